The molecule has 0 saturated carbocycles. The minimum Gasteiger partial charge on any atom is -0.337 e. The fourth-order valence-electron chi connectivity index (χ4n) is 3.18. The lowest BCUT2D eigenvalue weighted by Gasteiger charge is -2.22. The first-order valence-electron chi connectivity index (χ1n) is 8.78. The zero-order chi connectivity index (χ0) is 18.4. The van der Waals surface area contributed by atoms with Crippen LogP contribution in [0, 0.1) is 11.3 Å². The molecular weight excluding hydrogens is 326 g/mol. The lowest BCUT2D eigenvalue weighted by atomic mass is 10.1. The number of amides is 2. The van der Waals surface area contributed by atoms with Crippen LogP contribution in [0.15, 0.2) is 54.6 Å². The molecule has 2 aromatic rings. The molecule has 2 aromatic carbocycles. The summed E-state index contributed by atoms with van der Waals surface area (Å²) in [6.07, 6.45) is 1.04. The van der Waals surface area contributed by atoms with Gasteiger partial charge in [0.15, 0.2) is 0 Å². The van der Waals surface area contributed by atoms with Gasteiger partial charge in [-0.05, 0) is 36.2 Å². The molecule has 0 aromatic heterocycles. The summed E-state index contributed by atoms with van der Waals surface area (Å²) in [6, 6.07) is 18.6. The maximum absolute atomic E-state index is 12.8. The molecule has 2 amide bonds. The van der Waals surface area contributed by atoms with Gasteiger partial charge in [-0.1, -0.05) is 30.3 Å². The number of hydrogen-bond acceptors (Lipinski definition) is 3. The highest BCUT2D eigenvalue weighted by molar-refractivity contribution is 5.95. The molecule has 1 heterocycles. The Kier molecular flexibility index (Phi) is 5.65. The number of nitriles is 1. The van der Waals surface area contributed by atoms with Crippen LogP contribution in [0.5, 0.6) is 0 Å². The third-order valence-corrected chi connectivity index (χ3v) is 4.55. The van der Waals surface area contributed by atoms with Gasteiger partial charge in [-0.3, -0.25) is 9.59 Å². The molecule has 1 aliphatic rings. The second-order valence-corrected chi connectivity index (χ2v) is 6.34. The summed E-state index contributed by atoms with van der Waals surface area (Å²) in [5, 5.41) is 8.83. The van der Waals surface area contributed by atoms with Crippen molar-refractivity contribution in [3.63, 3.8) is 0 Å². The highest BCUT2D eigenvalue weighted by atomic mass is 16.2. The van der Waals surface area contributed by atoms with Crippen molar-refractivity contribution in [3.05, 3.63) is 71.3 Å². The largest absolute Gasteiger partial charge is 0.337 e. The highest BCUT2D eigenvalue weighted by Gasteiger charge is 2.23. The van der Waals surface area contributed by atoms with Gasteiger partial charge in [0, 0.05) is 37.3 Å². The van der Waals surface area contributed by atoms with Crippen molar-refractivity contribution in [2.45, 2.75) is 12.8 Å². The van der Waals surface area contributed by atoms with Gasteiger partial charge in [0.25, 0.3) is 11.8 Å². The zero-order valence-electron chi connectivity index (χ0n) is 14.6. The maximum atomic E-state index is 12.8. The van der Waals surface area contributed by atoms with Crippen molar-refractivity contribution in [2.24, 2.45) is 0 Å². The van der Waals surface area contributed by atoms with Crippen molar-refractivity contribution in [1.82, 2.24) is 9.80 Å². The minimum atomic E-state index is -0.0428. The van der Waals surface area contributed by atoms with Gasteiger partial charge in [-0.2, -0.15) is 5.26 Å². The van der Waals surface area contributed by atoms with E-state index < -0.39 is 0 Å². The molecule has 132 valence electrons. The van der Waals surface area contributed by atoms with Crippen LogP contribution in [0.25, 0.3) is 0 Å². The highest BCUT2D eigenvalue weighted by Crippen LogP contribution is 2.13. The molecule has 1 saturated heterocycles. The van der Waals surface area contributed by atoms with E-state index in [2.05, 4.69) is 6.07 Å². The molecule has 5 heteroatoms. The lowest BCUT2D eigenvalue weighted by molar-refractivity contribution is 0.0718. The van der Waals surface area contributed by atoms with E-state index in [1.165, 1.54) is 0 Å². The van der Waals surface area contributed by atoms with E-state index >= 15 is 0 Å². The lowest BCUT2D eigenvalue weighted by Crippen LogP contribution is -2.37. The smallest absolute Gasteiger partial charge is 0.253 e. The van der Waals surface area contributed by atoms with E-state index in [0.717, 1.165) is 12.0 Å². The van der Waals surface area contributed by atoms with Crippen LogP contribution in [-0.4, -0.2) is 47.8 Å². The van der Waals surface area contributed by atoms with E-state index in [1.54, 1.807) is 17.0 Å². The van der Waals surface area contributed by atoms with Gasteiger partial charge in [0.1, 0.15) is 0 Å². The quantitative estimate of drug-likeness (QED) is 0.857. The summed E-state index contributed by atoms with van der Waals surface area (Å²) in [5.74, 6) is -0.0327. The molecule has 0 spiro atoms. The van der Waals surface area contributed by atoms with Gasteiger partial charge < -0.3 is 9.80 Å². The van der Waals surface area contributed by atoms with E-state index in [4.69, 9.17) is 5.26 Å². The Balaban J connectivity index is 1.67. The topological polar surface area (TPSA) is 64.4 Å². The number of hydrogen-bond donors (Lipinski definition) is 0. The van der Waals surface area contributed by atoms with Crippen molar-refractivity contribution >= 4 is 11.8 Å². The Hall–Kier alpha value is -3.13. The predicted octanol–water partition coefficient (Wildman–Crippen LogP) is 2.74. The molecule has 0 N–H and O–H groups in total. The summed E-state index contributed by atoms with van der Waals surface area (Å²) in [5.41, 5.74) is 2.12. The first-order chi connectivity index (χ1) is 12.7. The van der Waals surface area contributed by atoms with Crippen LogP contribution < -0.4 is 0 Å². The summed E-state index contributed by atoms with van der Waals surface area (Å²) < 4.78 is 0. The standard InChI is InChI=1S/C21H21N3O2/c22-11-10-17-6-4-9-19(16-17)21(26)24-13-5-12-23(14-15-24)20(25)18-7-2-1-3-8-18/h1-4,6-9,16H,5,10,12-15H2. The minimum absolute atomic E-state index is 0.0101. The maximum Gasteiger partial charge on any atom is 0.253 e. The Bertz CT molecular complexity index is 827. The number of carbonyl (C=O) groups excluding carboxylic acids is 2. The van der Waals surface area contributed by atoms with Crippen LogP contribution >= 0.6 is 0 Å². The van der Waals surface area contributed by atoms with E-state index in [1.807, 2.05) is 47.4 Å². The third kappa shape index (κ3) is 4.09. The van der Waals surface area contributed by atoms with E-state index in [0.29, 0.717) is 43.7 Å². The Morgan fingerprint density at radius 3 is 2.12 bits per heavy atom. The fourth-order valence-corrected chi connectivity index (χ4v) is 3.18. The SMILES string of the molecule is N#CCc1cccc(C(=O)N2CCCN(C(=O)c3ccccc3)CC2)c1. The van der Waals surface area contributed by atoms with Crippen LogP contribution in [0.3, 0.4) is 0 Å². The molecule has 1 aliphatic heterocycles. The van der Waals surface area contributed by atoms with E-state index in [-0.39, 0.29) is 11.8 Å². The monoisotopic (exact) mass is 347 g/mol. The Morgan fingerprint density at radius 2 is 1.46 bits per heavy atom. The Labute approximate surface area is 153 Å². The van der Waals surface area contributed by atoms with Crippen LogP contribution in [0.4, 0.5) is 0 Å². The van der Waals surface area contributed by atoms with Crippen LogP contribution in [-0.2, 0) is 6.42 Å². The predicted molar refractivity (Wildman–Crippen MR) is 98.6 cm³/mol. The van der Waals surface area contributed by atoms with E-state index in [9.17, 15) is 9.59 Å². The Morgan fingerprint density at radius 1 is 0.846 bits per heavy atom. The number of nitrogens with zero attached hydrogens (tertiary/aromatic N) is 3. The van der Waals surface area contributed by atoms with Crippen molar-refractivity contribution in [3.8, 4) is 6.07 Å². The van der Waals surface area contributed by atoms with Crippen molar-refractivity contribution in [1.29, 1.82) is 5.26 Å². The number of carbonyl (C=O) groups is 2. The molecule has 0 unspecified atom stereocenters. The second kappa shape index (κ2) is 8.30. The first-order valence-corrected chi connectivity index (χ1v) is 8.78. The number of benzene rings is 2. The molecule has 1 fully saturated rings. The first kappa shape index (κ1) is 17.7. The molecule has 3 rings (SSSR count). The van der Waals surface area contributed by atoms with Crippen molar-refractivity contribution < 1.29 is 9.59 Å². The molecule has 0 atom stereocenters. The van der Waals surface area contributed by atoms with Gasteiger partial charge in [0.2, 0.25) is 0 Å². The molecule has 0 aliphatic carbocycles. The summed E-state index contributed by atoms with van der Waals surface area (Å²) >= 11 is 0. The zero-order valence-corrected chi connectivity index (χ0v) is 14.6. The fraction of sp³-hybridized carbons (Fsp3) is 0.286. The number of rotatable bonds is 3. The molecular formula is C21H21N3O2. The normalized spacial score (nSPS) is 14.4. The summed E-state index contributed by atoms with van der Waals surface area (Å²) in [6.45, 7) is 2.31. The summed E-state index contributed by atoms with van der Waals surface area (Å²) in [7, 11) is 0. The second-order valence-electron chi connectivity index (χ2n) is 6.34. The average Bonchev–Trinajstić information content (AvgIpc) is 2.94. The molecule has 0 radical (unpaired) electrons. The van der Waals surface area contributed by atoms with Crippen molar-refractivity contribution in [2.75, 3.05) is 26.2 Å². The van der Waals surface area contributed by atoms with Gasteiger partial charge in [-0.25, -0.2) is 0 Å². The van der Waals surface area contributed by atoms with Crippen LogP contribution in [0.2, 0.25) is 0 Å². The molecule has 26 heavy (non-hydrogen) atoms. The van der Waals surface area contributed by atoms with Gasteiger partial charge in [-0.15, -0.1) is 0 Å². The van der Waals surface area contributed by atoms with Gasteiger partial charge >= 0.3 is 0 Å². The average molecular weight is 347 g/mol. The summed E-state index contributed by atoms with van der Waals surface area (Å²) in [4.78, 5) is 29.0. The molecule has 5 nitrogen and oxygen atoms in total. The third-order valence-electron chi connectivity index (χ3n) is 4.55. The van der Waals surface area contributed by atoms with Crippen LogP contribution in [0.1, 0.15) is 32.7 Å². The molecule has 0 bridgehead atoms. The van der Waals surface area contributed by atoms with Gasteiger partial charge in [0.05, 0.1) is 12.5 Å².